The molecule has 0 spiro atoms. The summed E-state index contributed by atoms with van der Waals surface area (Å²) in [5.41, 5.74) is 7.32. The molecule has 1 saturated carbocycles. The highest BCUT2D eigenvalue weighted by molar-refractivity contribution is 5.95. The number of hydrogen-bond acceptors (Lipinski definition) is 4. The summed E-state index contributed by atoms with van der Waals surface area (Å²) in [7, 11) is 0. The molecule has 2 aromatic heterocycles. The van der Waals surface area contributed by atoms with Gasteiger partial charge in [0.15, 0.2) is 0 Å². The molecule has 0 radical (unpaired) electrons. The van der Waals surface area contributed by atoms with Crippen molar-refractivity contribution < 1.29 is 9.59 Å². The van der Waals surface area contributed by atoms with Gasteiger partial charge in [-0.15, -0.1) is 0 Å². The summed E-state index contributed by atoms with van der Waals surface area (Å²) in [6.45, 7) is 0.799. The number of anilines is 1. The molecule has 1 saturated heterocycles. The van der Waals surface area contributed by atoms with Gasteiger partial charge >= 0.3 is 0 Å². The minimum absolute atomic E-state index is 0.130. The van der Waals surface area contributed by atoms with Crippen LogP contribution in [-0.2, 0) is 22.4 Å². The molecule has 2 aromatic carbocycles. The van der Waals surface area contributed by atoms with Crippen LogP contribution >= 0.6 is 0 Å². The summed E-state index contributed by atoms with van der Waals surface area (Å²) in [5, 5.41) is 0. The minimum Gasteiger partial charge on any atom is -0.312 e. The van der Waals surface area contributed by atoms with Crippen LogP contribution in [0, 0.1) is 5.92 Å². The number of hydrogen-bond donors (Lipinski definition) is 0. The summed E-state index contributed by atoms with van der Waals surface area (Å²) in [4.78, 5) is 35.8. The number of pyridine rings is 2. The number of aromatic nitrogens is 2. The van der Waals surface area contributed by atoms with Crippen LogP contribution in [0.15, 0.2) is 91.4 Å². The molecule has 0 N–H and O–H groups in total. The van der Waals surface area contributed by atoms with Crippen molar-refractivity contribution in [3.63, 3.8) is 0 Å². The zero-order chi connectivity index (χ0) is 25.2. The highest BCUT2D eigenvalue weighted by Crippen LogP contribution is 2.48. The van der Waals surface area contributed by atoms with Gasteiger partial charge in [0, 0.05) is 67.3 Å². The van der Waals surface area contributed by atoms with Crippen LogP contribution in [-0.4, -0.2) is 28.2 Å². The van der Waals surface area contributed by atoms with E-state index < -0.39 is 0 Å². The Bertz CT molecular complexity index is 1410. The van der Waals surface area contributed by atoms with E-state index in [0.717, 1.165) is 53.0 Å². The molecule has 2 unspecified atom stereocenters. The molecule has 6 rings (SSSR count). The number of ketones is 1. The first-order chi connectivity index (χ1) is 18.1. The van der Waals surface area contributed by atoms with E-state index in [9.17, 15) is 9.59 Å². The van der Waals surface area contributed by atoms with Crippen LogP contribution in [0.1, 0.15) is 47.6 Å². The number of amides is 1. The molecule has 5 heteroatoms. The summed E-state index contributed by atoms with van der Waals surface area (Å²) >= 11 is 0. The zero-order valence-electron chi connectivity index (χ0n) is 20.7. The van der Waals surface area contributed by atoms with Crippen molar-refractivity contribution in [3.8, 4) is 11.1 Å². The largest absolute Gasteiger partial charge is 0.312 e. The van der Waals surface area contributed by atoms with Gasteiger partial charge in [-0.1, -0.05) is 54.6 Å². The smallest absolute Gasteiger partial charge is 0.227 e. The van der Waals surface area contributed by atoms with Gasteiger partial charge in [-0.25, -0.2) is 0 Å². The Morgan fingerprint density at radius 3 is 2.41 bits per heavy atom. The van der Waals surface area contributed by atoms with Crippen molar-refractivity contribution in [2.24, 2.45) is 5.92 Å². The van der Waals surface area contributed by atoms with Crippen molar-refractivity contribution >= 4 is 17.4 Å². The molecular weight excluding hydrogens is 458 g/mol. The Morgan fingerprint density at radius 1 is 0.892 bits per heavy atom. The maximum Gasteiger partial charge on any atom is 0.227 e. The molecule has 1 aliphatic heterocycles. The van der Waals surface area contributed by atoms with E-state index in [-0.39, 0.29) is 11.8 Å². The lowest BCUT2D eigenvalue weighted by molar-refractivity contribution is -0.119. The molecule has 2 fully saturated rings. The third-order valence-corrected chi connectivity index (χ3v) is 7.46. The quantitative estimate of drug-likeness (QED) is 0.316. The standard InChI is InChI=1S/C32H29N3O2/c36-31(30-18-29(30)25-5-2-1-3-6-25)17-23-15-22(19-33-20-23)16-27-11-8-26(21-34-27)24-9-12-28(13-10-24)35-14-4-7-32(35)37/h1-3,5-6,8-13,15,19-21,29-30H,4,7,14,16-18H2. The number of rotatable bonds is 8. The zero-order valence-corrected chi connectivity index (χ0v) is 20.7. The second-order valence-electron chi connectivity index (χ2n) is 10.1. The predicted molar refractivity (Wildman–Crippen MR) is 144 cm³/mol. The molecule has 37 heavy (non-hydrogen) atoms. The van der Waals surface area contributed by atoms with Crippen LogP contribution in [0.3, 0.4) is 0 Å². The molecule has 2 aliphatic rings. The second kappa shape index (κ2) is 10.1. The minimum atomic E-state index is 0.130. The number of nitrogens with zero attached hydrogens (tertiary/aromatic N) is 3. The van der Waals surface area contributed by atoms with Crippen LogP contribution in [0.4, 0.5) is 5.69 Å². The SMILES string of the molecule is O=C(Cc1cncc(Cc2ccc(-c3ccc(N4CCCC4=O)cc3)cn2)c1)C1CC1c1ccccc1. The Morgan fingerprint density at radius 2 is 1.68 bits per heavy atom. The van der Waals surface area contributed by atoms with Gasteiger partial charge in [0.25, 0.3) is 0 Å². The average Bonchev–Trinajstić information content (AvgIpc) is 3.63. The predicted octanol–water partition coefficient (Wildman–Crippen LogP) is 5.78. The monoisotopic (exact) mass is 487 g/mol. The lowest BCUT2D eigenvalue weighted by Gasteiger charge is -2.16. The van der Waals surface area contributed by atoms with Crippen LogP contribution in [0.5, 0.6) is 0 Å². The summed E-state index contributed by atoms with van der Waals surface area (Å²) in [6, 6.07) is 24.6. The van der Waals surface area contributed by atoms with E-state index in [0.29, 0.717) is 31.0 Å². The molecule has 184 valence electrons. The van der Waals surface area contributed by atoms with Crippen molar-refractivity contribution in [1.29, 1.82) is 0 Å². The first kappa shape index (κ1) is 23.3. The maximum atomic E-state index is 12.9. The van der Waals surface area contributed by atoms with E-state index in [4.69, 9.17) is 0 Å². The number of Topliss-reactive ketones (excluding diaryl/α,β-unsaturated/α-hetero) is 1. The molecule has 2 atom stereocenters. The van der Waals surface area contributed by atoms with Gasteiger partial charge < -0.3 is 4.90 Å². The Hall–Kier alpha value is -4.12. The third-order valence-electron chi connectivity index (χ3n) is 7.46. The molecule has 0 bridgehead atoms. The van der Waals surface area contributed by atoms with Gasteiger partial charge in [0.2, 0.25) is 5.91 Å². The van der Waals surface area contributed by atoms with Gasteiger partial charge in [-0.05, 0) is 59.2 Å². The molecule has 3 heterocycles. The van der Waals surface area contributed by atoms with Crippen LogP contribution in [0.2, 0.25) is 0 Å². The van der Waals surface area contributed by atoms with E-state index in [1.165, 1.54) is 5.56 Å². The fourth-order valence-corrected chi connectivity index (χ4v) is 5.35. The van der Waals surface area contributed by atoms with Gasteiger partial charge in [0.05, 0.1) is 0 Å². The van der Waals surface area contributed by atoms with Gasteiger partial charge in [-0.2, -0.15) is 0 Å². The van der Waals surface area contributed by atoms with Crippen molar-refractivity contribution in [2.75, 3.05) is 11.4 Å². The first-order valence-electron chi connectivity index (χ1n) is 13.0. The Balaban J connectivity index is 1.07. The van der Waals surface area contributed by atoms with E-state index >= 15 is 0 Å². The van der Waals surface area contributed by atoms with E-state index in [1.54, 1.807) is 6.20 Å². The van der Waals surface area contributed by atoms with E-state index in [1.807, 2.05) is 65.8 Å². The van der Waals surface area contributed by atoms with Crippen molar-refractivity contribution in [2.45, 2.75) is 38.0 Å². The van der Waals surface area contributed by atoms with Gasteiger partial charge in [-0.3, -0.25) is 19.6 Å². The fraction of sp³-hybridized carbons (Fsp3) is 0.250. The Labute approximate surface area is 217 Å². The van der Waals surface area contributed by atoms with Crippen molar-refractivity contribution in [1.82, 2.24) is 9.97 Å². The summed E-state index contributed by atoms with van der Waals surface area (Å²) in [5.74, 6) is 0.998. The lowest BCUT2D eigenvalue weighted by atomic mass is 10.0. The highest BCUT2D eigenvalue weighted by atomic mass is 16.2. The molecule has 4 aromatic rings. The lowest BCUT2D eigenvalue weighted by Crippen LogP contribution is -2.23. The summed E-state index contributed by atoms with van der Waals surface area (Å²) in [6.07, 6.45) is 9.16. The average molecular weight is 488 g/mol. The fourth-order valence-electron chi connectivity index (χ4n) is 5.35. The maximum absolute atomic E-state index is 12.9. The molecule has 1 aliphatic carbocycles. The van der Waals surface area contributed by atoms with Crippen molar-refractivity contribution in [3.05, 3.63) is 114 Å². The number of benzene rings is 2. The van der Waals surface area contributed by atoms with Crippen LogP contribution in [0.25, 0.3) is 11.1 Å². The summed E-state index contributed by atoms with van der Waals surface area (Å²) < 4.78 is 0. The number of carbonyl (C=O) groups excluding carboxylic acids is 2. The Kier molecular flexibility index (Phi) is 6.35. The molecule has 1 amide bonds. The molecule has 5 nitrogen and oxygen atoms in total. The second-order valence-corrected chi connectivity index (χ2v) is 10.1. The highest BCUT2D eigenvalue weighted by Gasteiger charge is 2.43. The van der Waals surface area contributed by atoms with Crippen LogP contribution < -0.4 is 4.90 Å². The first-order valence-corrected chi connectivity index (χ1v) is 13.0. The number of carbonyl (C=O) groups is 2. The van der Waals surface area contributed by atoms with Gasteiger partial charge in [0.1, 0.15) is 5.78 Å². The van der Waals surface area contributed by atoms with E-state index in [2.05, 4.69) is 34.2 Å². The molecular formula is C32H29N3O2. The normalized spacial score (nSPS) is 18.7. The third kappa shape index (κ3) is 5.21. The topological polar surface area (TPSA) is 63.2 Å².